The van der Waals surface area contributed by atoms with Gasteiger partial charge in [-0.05, 0) is 24.5 Å². The maximum Gasteiger partial charge on any atom is 0.220 e. The molecule has 0 aliphatic rings. The molecule has 0 atom stereocenters. The monoisotopic (exact) mass is 300 g/mol. The van der Waals surface area contributed by atoms with E-state index in [1.807, 2.05) is 12.1 Å². The maximum atomic E-state index is 11.7. The van der Waals surface area contributed by atoms with Crippen molar-refractivity contribution in [2.75, 3.05) is 33.4 Å². The van der Waals surface area contributed by atoms with Gasteiger partial charge in [-0.2, -0.15) is 0 Å². The van der Waals surface area contributed by atoms with Gasteiger partial charge in [-0.3, -0.25) is 4.79 Å². The van der Waals surface area contributed by atoms with Gasteiger partial charge in [0, 0.05) is 33.2 Å². The molecule has 20 heavy (non-hydrogen) atoms. The van der Waals surface area contributed by atoms with E-state index in [4.69, 9.17) is 4.74 Å². The van der Waals surface area contributed by atoms with Crippen LogP contribution in [0, 0.1) is 6.92 Å². The fourth-order valence-corrected chi connectivity index (χ4v) is 1.82. The third-order valence-electron chi connectivity index (χ3n) is 2.99. The number of methoxy groups -OCH3 is 1. The Kier molecular flexibility index (Phi) is 11.1. The van der Waals surface area contributed by atoms with Gasteiger partial charge in [0.1, 0.15) is 0 Å². The molecule has 1 aromatic carbocycles. The standard InChI is InChI=1S/C15H24N2O2.ClH/c1-13-5-3-4-6-14(13)7-8-15(18)17-10-9-16-11-12-19-2;/h3-6,16H,7-12H2,1-2H3,(H,17,18);1H. The minimum Gasteiger partial charge on any atom is -0.383 e. The molecule has 5 heteroatoms. The van der Waals surface area contributed by atoms with E-state index in [9.17, 15) is 4.79 Å². The predicted octanol–water partition coefficient (Wildman–Crippen LogP) is 1.70. The summed E-state index contributed by atoms with van der Waals surface area (Å²) in [6, 6.07) is 8.19. The van der Waals surface area contributed by atoms with Crippen LogP contribution in [-0.2, 0) is 16.0 Å². The summed E-state index contributed by atoms with van der Waals surface area (Å²) < 4.78 is 4.92. The Hall–Kier alpha value is -1.10. The quantitative estimate of drug-likeness (QED) is 0.683. The SMILES string of the molecule is COCCNCCNC(=O)CCc1ccccc1C.Cl. The molecule has 4 nitrogen and oxygen atoms in total. The minimum atomic E-state index is 0. The van der Waals surface area contributed by atoms with Crippen molar-refractivity contribution in [1.29, 1.82) is 0 Å². The highest BCUT2D eigenvalue weighted by atomic mass is 35.5. The zero-order valence-corrected chi connectivity index (χ0v) is 13.1. The van der Waals surface area contributed by atoms with Crippen LogP contribution in [0.5, 0.6) is 0 Å². The summed E-state index contributed by atoms with van der Waals surface area (Å²) in [7, 11) is 1.68. The molecule has 0 spiro atoms. The van der Waals surface area contributed by atoms with Crippen molar-refractivity contribution in [2.45, 2.75) is 19.8 Å². The van der Waals surface area contributed by atoms with E-state index in [1.54, 1.807) is 7.11 Å². The number of hydrogen-bond acceptors (Lipinski definition) is 3. The first-order valence-corrected chi connectivity index (χ1v) is 6.75. The average Bonchev–Trinajstić information content (AvgIpc) is 2.42. The Balaban J connectivity index is 0.00000361. The second kappa shape index (κ2) is 11.7. The van der Waals surface area contributed by atoms with E-state index >= 15 is 0 Å². The van der Waals surface area contributed by atoms with Crippen LogP contribution >= 0.6 is 12.4 Å². The van der Waals surface area contributed by atoms with E-state index in [2.05, 4.69) is 29.7 Å². The van der Waals surface area contributed by atoms with E-state index in [0.717, 1.165) is 19.5 Å². The molecule has 0 saturated heterocycles. The van der Waals surface area contributed by atoms with Crippen molar-refractivity contribution in [3.8, 4) is 0 Å². The Morgan fingerprint density at radius 2 is 1.95 bits per heavy atom. The highest BCUT2D eigenvalue weighted by Crippen LogP contribution is 2.09. The number of rotatable bonds is 9. The number of halogens is 1. The predicted molar refractivity (Wildman–Crippen MR) is 84.5 cm³/mol. The summed E-state index contributed by atoms with van der Waals surface area (Å²) in [5.41, 5.74) is 2.49. The summed E-state index contributed by atoms with van der Waals surface area (Å²) in [5.74, 6) is 0.108. The number of aryl methyl sites for hydroxylation is 2. The lowest BCUT2D eigenvalue weighted by Crippen LogP contribution is -2.33. The number of ether oxygens (including phenoxy) is 1. The first-order valence-electron chi connectivity index (χ1n) is 6.75. The van der Waals surface area contributed by atoms with E-state index in [-0.39, 0.29) is 18.3 Å². The first kappa shape index (κ1) is 18.9. The van der Waals surface area contributed by atoms with Crippen molar-refractivity contribution in [3.63, 3.8) is 0 Å². The fraction of sp³-hybridized carbons (Fsp3) is 0.533. The number of benzene rings is 1. The lowest BCUT2D eigenvalue weighted by molar-refractivity contribution is -0.121. The molecule has 0 aliphatic heterocycles. The van der Waals surface area contributed by atoms with Crippen molar-refractivity contribution in [2.24, 2.45) is 0 Å². The summed E-state index contributed by atoms with van der Waals surface area (Å²) >= 11 is 0. The topological polar surface area (TPSA) is 50.4 Å². The molecule has 0 saturated carbocycles. The second-order valence-electron chi connectivity index (χ2n) is 4.52. The zero-order valence-electron chi connectivity index (χ0n) is 12.3. The first-order chi connectivity index (χ1) is 9.24. The molecule has 1 aromatic rings. The van der Waals surface area contributed by atoms with Gasteiger partial charge in [-0.1, -0.05) is 24.3 Å². The number of nitrogens with one attached hydrogen (secondary N) is 2. The highest BCUT2D eigenvalue weighted by molar-refractivity contribution is 5.85. The third kappa shape index (κ3) is 8.15. The third-order valence-corrected chi connectivity index (χ3v) is 2.99. The Bertz CT molecular complexity index is 386. The molecule has 0 bridgehead atoms. The molecule has 0 fully saturated rings. The van der Waals surface area contributed by atoms with Crippen LogP contribution < -0.4 is 10.6 Å². The van der Waals surface area contributed by atoms with Gasteiger partial charge >= 0.3 is 0 Å². The molecule has 0 radical (unpaired) electrons. The average molecular weight is 301 g/mol. The van der Waals surface area contributed by atoms with Crippen LogP contribution in [0.2, 0.25) is 0 Å². The summed E-state index contributed by atoms with van der Waals surface area (Å²) in [4.78, 5) is 11.7. The normalized spacial score (nSPS) is 9.90. The highest BCUT2D eigenvalue weighted by Gasteiger charge is 2.03. The fourth-order valence-electron chi connectivity index (χ4n) is 1.82. The lowest BCUT2D eigenvalue weighted by atomic mass is 10.0. The van der Waals surface area contributed by atoms with Gasteiger partial charge in [0.25, 0.3) is 0 Å². The van der Waals surface area contributed by atoms with E-state index in [1.165, 1.54) is 11.1 Å². The number of carbonyl (C=O) groups is 1. The van der Waals surface area contributed by atoms with Crippen molar-refractivity contribution >= 4 is 18.3 Å². The molecule has 0 aliphatic carbocycles. The van der Waals surface area contributed by atoms with Crippen LogP contribution in [0.4, 0.5) is 0 Å². The number of hydrogen-bond donors (Lipinski definition) is 2. The maximum absolute atomic E-state index is 11.7. The van der Waals surface area contributed by atoms with Crippen LogP contribution in [0.25, 0.3) is 0 Å². The molecular weight excluding hydrogens is 276 g/mol. The van der Waals surface area contributed by atoms with Gasteiger partial charge in [0.15, 0.2) is 0 Å². The smallest absolute Gasteiger partial charge is 0.220 e. The summed E-state index contributed by atoms with van der Waals surface area (Å²) in [6.07, 6.45) is 1.35. The Labute approximate surface area is 127 Å². The zero-order chi connectivity index (χ0) is 13.9. The number of carbonyl (C=O) groups excluding carboxylic acids is 1. The Morgan fingerprint density at radius 1 is 1.20 bits per heavy atom. The van der Waals surface area contributed by atoms with Crippen LogP contribution in [0.3, 0.4) is 0 Å². The van der Waals surface area contributed by atoms with Crippen LogP contribution in [0.15, 0.2) is 24.3 Å². The summed E-state index contributed by atoms with van der Waals surface area (Å²) in [6.45, 7) is 5.03. The van der Waals surface area contributed by atoms with E-state index in [0.29, 0.717) is 19.6 Å². The second-order valence-corrected chi connectivity index (χ2v) is 4.52. The molecule has 0 aromatic heterocycles. The van der Waals surface area contributed by atoms with Gasteiger partial charge in [0.2, 0.25) is 5.91 Å². The molecule has 1 rings (SSSR count). The number of amides is 1. The molecule has 2 N–H and O–H groups in total. The molecular formula is C15H25ClN2O2. The van der Waals surface area contributed by atoms with Gasteiger partial charge in [-0.15, -0.1) is 12.4 Å². The van der Waals surface area contributed by atoms with Crippen molar-refractivity contribution < 1.29 is 9.53 Å². The molecule has 0 unspecified atom stereocenters. The lowest BCUT2D eigenvalue weighted by Gasteiger charge is -2.07. The van der Waals surface area contributed by atoms with Gasteiger partial charge in [-0.25, -0.2) is 0 Å². The molecule has 0 heterocycles. The van der Waals surface area contributed by atoms with Crippen LogP contribution in [0.1, 0.15) is 17.5 Å². The van der Waals surface area contributed by atoms with Crippen LogP contribution in [-0.4, -0.2) is 39.3 Å². The van der Waals surface area contributed by atoms with Gasteiger partial charge in [0.05, 0.1) is 6.61 Å². The van der Waals surface area contributed by atoms with Gasteiger partial charge < -0.3 is 15.4 Å². The van der Waals surface area contributed by atoms with Crippen molar-refractivity contribution in [1.82, 2.24) is 10.6 Å². The van der Waals surface area contributed by atoms with Crippen molar-refractivity contribution in [3.05, 3.63) is 35.4 Å². The molecule has 1 amide bonds. The Morgan fingerprint density at radius 3 is 2.65 bits per heavy atom. The molecule has 114 valence electrons. The summed E-state index contributed by atoms with van der Waals surface area (Å²) in [5, 5.41) is 6.09. The van der Waals surface area contributed by atoms with E-state index < -0.39 is 0 Å². The minimum absolute atomic E-state index is 0. The largest absolute Gasteiger partial charge is 0.383 e.